The predicted molar refractivity (Wildman–Crippen MR) is 61.4 cm³/mol. The lowest BCUT2D eigenvalue weighted by Gasteiger charge is -2.02. The van der Waals surface area contributed by atoms with E-state index in [9.17, 15) is 22.4 Å². The quantitative estimate of drug-likeness (QED) is 0.525. The van der Waals surface area contributed by atoms with Crippen molar-refractivity contribution in [1.29, 1.82) is 0 Å². The van der Waals surface area contributed by atoms with Gasteiger partial charge in [-0.3, -0.25) is 4.79 Å². The lowest BCUT2D eigenvalue weighted by molar-refractivity contribution is -0.137. The van der Waals surface area contributed by atoms with Crippen LogP contribution < -0.4 is 5.73 Å². The second-order valence-corrected chi connectivity index (χ2v) is 4.62. The number of hydrogen-bond acceptors (Lipinski definition) is 4. The van der Waals surface area contributed by atoms with Gasteiger partial charge >= 0.3 is 6.18 Å². The number of nitrogens with two attached hydrogens (primary N) is 1. The molecule has 0 radical (unpaired) electrons. The van der Waals surface area contributed by atoms with Crippen LogP contribution in [0, 0.1) is 5.82 Å². The van der Waals surface area contributed by atoms with Gasteiger partial charge in [0.2, 0.25) is 5.78 Å². The van der Waals surface area contributed by atoms with Crippen molar-refractivity contribution < 1.29 is 22.4 Å². The Morgan fingerprint density at radius 1 is 1.32 bits per heavy atom. The Morgan fingerprint density at radius 2 is 2.00 bits per heavy atom. The molecule has 0 saturated carbocycles. The molecule has 2 rings (SSSR count). The minimum atomic E-state index is -4.61. The van der Waals surface area contributed by atoms with Crippen LogP contribution in [0.1, 0.15) is 20.2 Å². The van der Waals surface area contributed by atoms with Crippen LogP contribution >= 0.6 is 11.3 Å². The number of nitrogens with zero attached hydrogens (tertiary/aromatic N) is 1. The average Bonchev–Trinajstić information content (AvgIpc) is 2.80. The fourth-order valence-electron chi connectivity index (χ4n) is 1.37. The van der Waals surface area contributed by atoms with Crippen molar-refractivity contribution >= 4 is 22.8 Å². The van der Waals surface area contributed by atoms with Crippen molar-refractivity contribution in [2.45, 2.75) is 6.18 Å². The maximum Gasteiger partial charge on any atom is 0.443 e. The number of halogens is 4. The highest BCUT2D eigenvalue weighted by Gasteiger charge is 2.35. The molecule has 2 aromatic rings. The Bertz CT molecular complexity index is 636. The highest BCUT2D eigenvalue weighted by atomic mass is 32.1. The molecule has 3 nitrogen and oxygen atoms in total. The second kappa shape index (κ2) is 4.61. The molecule has 2 N–H and O–H groups in total. The van der Waals surface area contributed by atoms with E-state index in [-0.39, 0.29) is 27.5 Å². The van der Waals surface area contributed by atoms with Crippen LogP contribution in [0.3, 0.4) is 0 Å². The second-order valence-electron chi connectivity index (χ2n) is 3.59. The normalized spacial score (nSPS) is 11.6. The van der Waals surface area contributed by atoms with Gasteiger partial charge in [0.25, 0.3) is 0 Å². The molecule has 0 bridgehead atoms. The molecule has 0 atom stereocenters. The molecule has 0 saturated heterocycles. The van der Waals surface area contributed by atoms with Gasteiger partial charge in [0, 0.05) is 17.4 Å². The van der Waals surface area contributed by atoms with Gasteiger partial charge in [-0.05, 0) is 18.2 Å². The topological polar surface area (TPSA) is 56.0 Å². The summed E-state index contributed by atoms with van der Waals surface area (Å²) in [7, 11) is 0. The summed E-state index contributed by atoms with van der Waals surface area (Å²) >= 11 is 0.194. The summed E-state index contributed by atoms with van der Waals surface area (Å²) in [6, 6.07) is 3.11. The van der Waals surface area contributed by atoms with Crippen LogP contribution in [0.5, 0.6) is 0 Å². The molecule has 1 aromatic heterocycles. The minimum absolute atomic E-state index is 0.00615. The van der Waals surface area contributed by atoms with Crippen molar-refractivity contribution in [3.05, 3.63) is 45.7 Å². The van der Waals surface area contributed by atoms with Crippen molar-refractivity contribution in [3.63, 3.8) is 0 Å². The van der Waals surface area contributed by atoms with Gasteiger partial charge in [0.05, 0.1) is 4.88 Å². The SMILES string of the molecule is Nc1ccc(F)cc1C(=O)c1cnc(C(F)(F)F)s1. The zero-order chi connectivity index (χ0) is 14.2. The standard InChI is InChI=1S/C11H6F4N2OS/c12-5-1-2-7(16)6(3-5)9(18)8-4-17-10(19-8)11(13,14)15/h1-4H,16H2. The molecule has 8 heteroatoms. The number of rotatable bonds is 2. The van der Waals surface area contributed by atoms with E-state index in [2.05, 4.69) is 4.98 Å². The van der Waals surface area contributed by atoms with E-state index in [1.165, 1.54) is 6.07 Å². The van der Waals surface area contributed by atoms with E-state index < -0.39 is 22.8 Å². The fourth-order valence-corrected chi connectivity index (χ4v) is 2.11. The molecule has 1 aromatic carbocycles. The monoisotopic (exact) mass is 290 g/mol. The van der Waals surface area contributed by atoms with Crippen molar-refractivity contribution in [1.82, 2.24) is 4.98 Å². The third-order valence-electron chi connectivity index (χ3n) is 2.23. The summed E-state index contributed by atoms with van der Waals surface area (Å²) in [6.45, 7) is 0. The van der Waals surface area contributed by atoms with E-state index in [0.717, 1.165) is 18.3 Å². The first-order chi connectivity index (χ1) is 8.79. The van der Waals surface area contributed by atoms with Crippen LogP contribution in [0.15, 0.2) is 24.4 Å². The highest BCUT2D eigenvalue weighted by Crippen LogP contribution is 2.33. The van der Waals surface area contributed by atoms with Crippen molar-refractivity contribution in [2.24, 2.45) is 0 Å². The van der Waals surface area contributed by atoms with Crippen LogP contribution in [0.25, 0.3) is 0 Å². The van der Waals surface area contributed by atoms with E-state index in [0.29, 0.717) is 0 Å². The molecular formula is C11H6F4N2OS. The summed E-state index contributed by atoms with van der Waals surface area (Å²) < 4.78 is 50.1. The van der Waals surface area contributed by atoms with Crippen LogP contribution in [-0.2, 0) is 6.18 Å². The molecular weight excluding hydrogens is 284 g/mol. The summed E-state index contributed by atoms with van der Waals surface area (Å²) in [5, 5.41) is -1.13. The highest BCUT2D eigenvalue weighted by molar-refractivity contribution is 7.14. The van der Waals surface area contributed by atoms with Gasteiger partial charge < -0.3 is 5.73 Å². The van der Waals surface area contributed by atoms with E-state index in [4.69, 9.17) is 5.73 Å². The molecule has 0 aliphatic rings. The number of ketones is 1. The number of nitrogen functional groups attached to an aromatic ring is 1. The number of alkyl halides is 3. The third-order valence-corrected chi connectivity index (χ3v) is 3.27. The van der Waals surface area contributed by atoms with Crippen LogP contribution in [-0.4, -0.2) is 10.8 Å². The maximum atomic E-state index is 13.0. The maximum absolute atomic E-state index is 13.0. The van der Waals surface area contributed by atoms with E-state index in [1.54, 1.807) is 0 Å². The van der Waals surface area contributed by atoms with Gasteiger partial charge in [-0.2, -0.15) is 13.2 Å². The first kappa shape index (κ1) is 13.5. The Morgan fingerprint density at radius 3 is 2.58 bits per heavy atom. The van der Waals surface area contributed by atoms with Gasteiger partial charge in [0.15, 0.2) is 5.01 Å². The molecule has 0 unspecified atom stereocenters. The van der Waals surface area contributed by atoms with Gasteiger partial charge in [0.1, 0.15) is 5.82 Å². The smallest absolute Gasteiger partial charge is 0.398 e. The Balaban J connectivity index is 2.39. The summed E-state index contributed by atoms with van der Waals surface area (Å²) in [5.41, 5.74) is 5.31. The molecule has 0 spiro atoms. The lowest BCUT2D eigenvalue weighted by Crippen LogP contribution is -2.04. The number of aromatic nitrogens is 1. The number of carbonyl (C=O) groups excluding carboxylic acids is 1. The lowest BCUT2D eigenvalue weighted by atomic mass is 10.1. The number of carbonyl (C=O) groups is 1. The van der Waals surface area contributed by atoms with Gasteiger partial charge in [-0.1, -0.05) is 0 Å². The third kappa shape index (κ3) is 2.73. The van der Waals surface area contributed by atoms with E-state index >= 15 is 0 Å². The van der Waals surface area contributed by atoms with Crippen molar-refractivity contribution in [3.8, 4) is 0 Å². The number of benzene rings is 1. The molecule has 0 amide bonds. The molecule has 0 fully saturated rings. The molecule has 0 aliphatic heterocycles. The van der Waals surface area contributed by atoms with Crippen LogP contribution in [0.2, 0.25) is 0 Å². The Labute approximate surface area is 108 Å². The number of anilines is 1. The number of hydrogen-bond donors (Lipinski definition) is 1. The summed E-state index contributed by atoms with van der Waals surface area (Å²) in [6.07, 6.45) is -3.81. The first-order valence-electron chi connectivity index (χ1n) is 4.92. The minimum Gasteiger partial charge on any atom is -0.398 e. The summed E-state index contributed by atoms with van der Waals surface area (Å²) in [4.78, 5) is 14.8. The fraction of sp³-hybridized carbons (Fsp3) is 0.0909. The zero-order valence-electron chi connectivity index (χ0n) is 9.16. The van der Waals surface area contributed by atoms with Gasteiger partial charge in [-0.25, -0.2) is 9.37 Å². The average molecular weight is 290 g/mol. The number of thiazole rings is 1. The largest absolute Gasteiger partial charge is 0.443 e. The van der Waals surface area contributed by atoms with Crippen molar-refractivity contribution in [2.75, 3.05) is 5.73 Å². The molecule has 100 valence electrons. The van der Waals surface area contributed by atoms with Crippen LogP contribution in [0.4, 0.5) is 23.2 Å². The Kier molecular flexibility index (Phi) is 3.27. The van der Waals surface area contributed by atoms with Gasteiger partial charge in [-0.15, -0.1) is 11.3 Å². The molecule has 0 aliphatic carbocycles. The van der Waals surface area contributed by atoms with E-state index in [1.807, 2.05) is 0 Å². The molecule has 19 heavy (non-hydrogen) atoms. The summed E-state index contributed by atoms with van der Waals surface area (Å²) in [5.74, 6) is -1.48. The zero-order valence-corrected chi connectivity index (χ0v) is 9.98. The first-order valence-corrected chi connectivity index (χ1v) is 5.73. The predicted octanol–water partition coefficient (Wildman–Crippen LogP) is 3.11. The molecule has 1 heterocycles. The Hall–Kier alpha value is -1.96.